The van der Waals surface area contributed by atoms with Gasteiger partial charge < -0.3 is 14.6 Å². The van der Waals surface area contributed by atoms with E-state index in [-0.39, 0.29) is 12.4 Å². The predicted molar refractivity (Wildman–Crippen MR) is 155 cm³/mol. The SMILES string of the molecule is CCc1cccc(CC)c1-n1nc2c(c1-c1ccc(C(=O)OC)c3[nH]ccc13)CN(c1ncc(C(F)(F)F)cc1F)CC2. The zero-order valence-electron chi connectivity index (χ0n) is 23.8. The molecule has 3 aromatic heterocycles. The van der Waals surface area contributed by atoms with Crippen molar-refractivity contribution in [2.75, 3.05) is 18.6 Å². The molecule has 7 nitrogen and oxygen atoms in total. The van der Waals surface area contributed by atoms with Crippen LogP contribution in [-0.2, 0) is 36.7 Å². The summed E-state index contributed by atoms with van der Waals surface area (Å²) >= 11 is 0. The molecular weight excluding hydrogens is 562 g/mol. The van der Waals surface area contributed by atoms with Gasteiger partial charge in [0, 0.05) is 48.4 Å². The van der Waals surface area contributed by atoms with Gasteiger partial charge in [-0.15, -0.1) is 0 Å². The van der Waals surface area contributed by atoms with Gasteiger partial charge in [-0.1, -0.05) is 38.1 Å². The number of aromatic amines is 1. The zero-order valence-corrected chi connectivity index (χ0v) is 23.8. The molecule has 0 saturated heterocycles. The Bertz CT molecular complexity index is 1830. The fraction of sp³-hybridized carbons (Fsp3) is 0.281. The number of halogens is 4. The van der Waals surface area contributed by atoms with E-state index in [1.807, 2.05) is 22.9 Å². The molecule has 43 heavy (non-hydrogen) atoms. The van der Waals surface area contributed by atoms with Gasteiger partial charge in [0.15, 0.2) is 11.6 Å². The van der Waals surface area contributed by atoms with Crippen LogP contribution in [0.4, 0.5) is 23.4 Å². The molecule has 11 heteroatoms. The summed E-state index contributed by atoms with van der Waals surface area (Å²) in [7, 11) is 1.33. The maximum Gasteiger partial charge on any atom is 0.417 e. The number of nitrogens with zero attached hydrogens (tertiary/aromatic N) is 4. The third kappa shape index (κ3) is 4.82. The first kappa shape index (κ1) is 28.4. The van der Waals surface area contributed by atoms with Crippen molar-refractivity contribution in [2.45, 2.75) is 45.8 Å². The summed E-state index contributed by atoms with van der Waals surface area (Å²) in [5.41, 5.74) is 6.21. The second-order valence-corrected chi connectivity index (χ2v) is 10.4. The van der Waals surface area contributed by atoms with Gasteiger partial charge in [-0.3, -0.25) is 0 Å². The van der Waals surface area contributed by atoms with E-state index < -0.39 is 23.5 Å². The average Bonchev–Trinajstić information content (AvgIpc) is 3.64. The van der Waals surface area contributed by atoms with E-state index in [0.29, 0.717) is 36.3 Å². The van der Waals surface area contributed by atoms with Gasteiger partial charge in [-0.05, 0) is 42.2 Å². The maximum atomic E-state index is 15.1. The standard InChI is InChI=1S/C32H29F4N5O2/c1-4-18-7-6-8-19(5-2)28(18)41-29(22-9-10-23(31(42)43-3)27-21(22)11-13-37-27)24-17-40(14-12-26(24)39-41)30-25(33)15-20(16-38-30)32(34,35)36/h6-11,13,15-16,37H,4-5,12,14,17H2,1-3H3. The normalized spacial score (nSPS) is 13.4. The molecule has 0 spiro atoms. The van der Waals surface area contributed by atoms with Crippen molar-refractivity contribution in [3.05, 3.63) is 94.2 Å². The Kier molecular flexibility index (Phi) is 7.19. The van der Waals surface area contributed by atoms with E-state index in [9.17, 15) is 18.0 Å². The lowest BCUT2D eigenvalue weighted by Crippen LogP contribution is -2.32. The van der Waals surface area contributed by atoms with Crippen molar-refractivity contribution in [2.24, 2.45) is 0 Å². The van der Waals surface area contributed by atoms with Gasteiger partial charge in [-0.25, -0.2) is 18.9 Å². The Labute approximate surface area is 245 Å². The number of H-pyrrole nitrogens is 1. The first-order valence-electron chi connectivity index (χ1n) is 14.0. The summed E-state index contributed by atoms with van der Waals surface area (Å²) in [5.74, 6) is -1.66. The van der Waals surface area contributed by atoms with Crippen LogP contribution in [0, 0.1) is 5.82 Å². The van der Waals surface area contributed by atoms with Crippen LogP contribution < -0.4 is 4.90 Å². The van der Waals surface area contributed by atoms with Gasteiger partial charge in [0.25, 0.3) is 0 Å². The predicted octanol–water partition coefficient (Wildman–Crippen LogP) is 7.05. The minimum Gasteiger partial charge on any atom is -0.465 e. The molecule has 5 aromatic rings. The molecule has 0 radical (unpaired) electrons. The molecule has 0 atom stereocenters. The lowest BCUT2D eigenvalue weighted by Gasteiger charge is -2.28. The highest BCUT2D eigenvalue weighted by molar-refractivity contribution is 6.08. The topological polar surface area (TPSA) is 76.0 Å². The Balaban J connectivity index is 1.57. The fourth-order valence-electron chi connectivity index (χ4n) is 5.94. The quantitative estimate of drug-likeness (QED) is 0.169. The minimum absolute atomic E-state index is 0.145. The third-order valence-electron chi connectivity index (χ3n) is 8.04. The monoisotopic (exact) mass is 591 g/mol. The Morgan fingerprint density at radius 2 is 1.84 bits per heavy atom. The summed E-state index contributed by atoms with van der Waals surface area (Å²) in [6.07, 6.45) is -0.319. The molecule has 222 valence electrons. The molecule has 0 fully saturated rings. The minimum atomic E-state index is -4.70. The summed E-state index contributed by atoms with van der Waals surface area (Å²) in [5, 5.41) is 5.87. The number of esters is 1. The first-order valence-corrected chi connectivity index (χ1v) is 14.0. The van der Waals surface area contributed by atoms with Gasteiger partial charge >= 0.3 is 12.1 Å². The number of carbonyl (C=O) groups excluding carboxylic acids is 1. The Morgan fingerprint density at radius 1 is 1.09 bits per heavy atom. The highest BCUT2D eigenvalue weighted by Gasteiger charge is 2.34. The van der Waals surface area contributed by atoms with E-state index in [4.69, 9.17) is 9.84 Å². The molecule has 1 aliphatic heterocycles. The van der Waals surface area contributed by atoms with Crippen LogP contribution in [0.3, 0.4) is 0 Å². The number of fused-ring (bicyclic) bond motifs is 2. The van der Waals surface area contributed by atoms with Crippen LogP contribution in [0.1, 0.15) is 52.2 Å². The molecule has 0 unspecified atom stereocenters. The van der Waals surface area contributed by atoms with Crippen molar-refractivity contribution in [1.29, 1.82) is 0 Å². The van der Waals surface area contributed by atoms with Crippen molar-refractivity contribution in [1.82, 2.24) is 19.7 Å². The van der Waals surface area contributed by atoms with Crippen molar-refractivity contribution < 1.29 is 27.1 Å². The number of nitrogens with one attached hydrogen (secondary N) is 1. The summed E-state index contributed by atoms with van der Waals surface area (Å²) in [6, 6.07) is 12.1. The molecule has 0 saturated carbocycles. The van der Waals surface area contributed by atoms with E-state index in [1.165, 1.54) is 7.11 Å². The number of aryl methyl sites for hydroxylation is 2. The van der Waals surface area contributed by atoms with Crippen molar-refractivity contribution >= 4 is 22.7 Å². The summed E-state index contributed by atoms with van der Waals surface area (Å²) in [4.78, 5) is 21.2. The summed E-state index contributed by atoms with van der Waals surface area (Å²) < 4.78 is 61.6. The van der Waals surface area contributed by atoms with Crippen LogP contribution in [0.5, 0.6) is 0 Å². The molecule has 0 bridgehead atoms. The molecule has 4 heterocycles. The first-order chi connectivity index (χ1) is 20.7. The van der Waals surface area contributed by atoms with Crippen LogP contribution in [0.25, 0.3) is 27.8 Å². The number of hydrogen-bond acceptors (Lipinski definition) is 5. The highest BCUT2D eigenvalue weighted by Crippen LogP contribution is 2.40. The number of anilines is 1. The number of benzene rings is 2. The number of rotatable bonds is 6. The Morgan fingerprint density at radius 3 is 2.49 bits per heavy atom. The van der Waals surface area contributed by atoms with Gasteiger partial charge in [0.1, 0.15) is 0 Å². The zero-order chi connectivity index (χ0) is 30.5. The largest absolute Gasteiger partial charge is 0.465 e. The van der Waals surface area contributed by atoms with E-state index in [2.05, 4.69) is 35.9 Å². The van der Waals surface area contributed by atoms with E-state index in [0.717, 1.165) is 57.6 Å². The van der Waals surface area contributed by atoms with Crippen LogP contribution in [-0.4, -0.2) is 39.4 Å². The lowest BCUT2D eigenvalue weighted by atomic mass is 9.96. The smallest absolute Gasteiger partial charge is 0.417 e. The van der Waals surface area contributed by atoms with Crippen molar-refractivity contribution in [3.63, 3.8) is 0 Å². The van der Waals surface area contributed by atoms with Crippen molar-refractivity contribution in [3.8, 4) is 16.9 Å². The van der Waals surface area contributed by atoms with Crippen LogP contribution in [0.15, 0.2) is 54.9 Å². The number of methoxy groups -OCH3 is 1. The van der Waals surface area contributed by atoms with Crippen LogP contribution in [0.2, 0.25) is 0 Å². The number of alkyl halides is 3. The van der Waals surface area contributed by atoms with Gasteiger partial charge in [-0.2, -0.15) is 18.3 Å². The average molecular weight is 592 g/mol. The van der Waals surface area contributed by atoms with Gasteiger partial charge in [0.05, 0.1) is 40.8 Å². The van der Waals surface area contributed by atoms with E-state index >= 15 is 4.39 Å². The third-order valence-corrected chi connectivity index (χ3v) is 8.04. The van der Waals surface area contributed by atoms with Crippen LogP contribution >= 0.6 is 0 Å². The second-order valence-electron chi connectivity index (χ2n) is 10.4. The fourth-order valence-corrected chi connectivity index (χ4v) is 5.94. The molecule has 1 N–H and O–H groups in total. The lowest BCUT2D eigenvalue weighted by molar-refractivity contribution is -0.138. The molecule has 0 aliphatic carbocycles. The molecule has 0 amide bonds. The number of aromatic nitrogens is 4. The number of para-hydroxylation sites is 1. The summed E-state index contributed by atoms with van der Waals surface area (Å²) in [6.45, 7) is 4.67. The van der Waals surface area contributed by atoms with Gasteiger partial charge in [0.2, 0.25) is 0 Å². The number of carbonyl (C=O) groups is 1. The molecule has 6 rings (SSSR count). The number of ether oxygens (including phenoxy) is 1. The highest BCUT2D eigenvalue weighted by atomic mass is 19.4. The number of hydrogen-bond donors (Lipinski definition) is 1. The molecule has 1 aliphatic rings. The molecule has 2 aromatic carbocycles. The maximum absolute atomic E-state index is 15.1. The van der Waals surface area contributed by atoms with E-state index in [1.54, 1.807) is 17.2 Å². The second kappa shape index (κ2) is 10.9. The molecular formula is C32H29F4N5O2. The number of pyridine rings is 1. The Hall–Kier alpha value is -4.67.